The number of carbonyl (C=O) groups is 2. The van der Waals surface area contributed by atoms with Crippen molar-refractivity contribution >= 4 is 47.0 Å². The largest absolute Gasteiger partial charge is 0.330 e. The Morgan fingerprint density at radius 2 is 1.26 bits per heavy atom. The van der Waals surface area contributed by atoms with Crippen LogP contribution in [0.3, 0.4) is 0 Å². The Labute approximate surface area is 168 Å². The molecule has 2 aromatic rings. The maximum Gasteiger partial charge on any atom is 0.246 e. The van der Waals surface area contributed by atoms with Gasteiger partial charge in [-0.2, -0.15) is 0 Å². The van der Waals surface area contributed by atoms with Gasteiger partial charge in [-0.15, -0.1) is 0 Å². The second kappa shape index (κ2) is 8.38. The van der Waals surface area contributed by atoms with Crippen molar-refractivity contribution in [1.29, 1.82) is 0 Å². The molecule has 0 aromatic heterocycles. The minimum atomic E-state index is -0.216. The third-order valence-corrected chi connectivity index (χ3v) is 4.72. The third-order valence-electron chi connectivity index (χ3n) is 4.21. The van der Waals surface area contributed by atoms with E-state index in [2.05, 4.69) is 6.58 Å². The number of benzene rings is 2. The van der Waals surface area contributed by atoms with Gasteiger partial charge in [0.25, 0.3) is 0 Å². The number of likely N-dealkylation sites (tertiary alicyclic amines) is 1. The SMILES string of the molecule is C=CC(=O)N1C/C(=C/c2ccc(Cl)cc2)C(=O)/C(=C/c2ccc(Cl)cc2)C1. The van der Waals surface area contributed by atoms with Gasteiger partial charge < -0.3 is 4.90 Å². The fraction of sp³-hybridized carbons (Fsp3) is 0.0909. The number of carbonyl (C=O) groups excluding carboxylic acids is 2. The zero-order valence-electron chi connectivity index (χ0n) is 14.5. The van der Waals surface area contributed by atoms with Gasteiger partial charge in [0, 0.05) is 21.2 Å². The van der Waals surface area contributed by atoms with Crippen LogP contribution in [0.2, 0.25) is 10.0 Å². The summed E-state index contributed by atoms with van der Waals surface area (Å²) in [5, 5.41) is 1.25. The van der Waals surface area contributed by atoms with Crippen LogP contribution in [0.15, 0.2) is 72.3 Å². The molecule has 0 saturated carbocycles. The van der Waals surface area contributed by atoms with Crippen molar-refractivity contribution in [2.75, 3.05) is 13.1 Å². The molecule has 2 aromatic carbocycles. The van der Waals surface area contributed by atoms with Crippen LogP contribution in [-0.2, 0) is 9.59 Å². The quantitative estimate of drug-likeness (QED) is 0.678. The number of ketones is 1. The molecule has 5 heteroatoms. The Balaban J connectivity index is 1.98. The molecule has 1 amide bonds. The zero-order chi connectivity index (χ0) is 19.4. The summed E-state index contributed by atoms with van der Waals surface area (Å²) in [6, 6.07) is 14.4. The molecule has 0 unspecified atom stereocenters. The highest BCUT2D eigenvalue weighted by Crippen LogP contribution is 2.23. The topological polar surface area (TPSA) is 37.4 Å². The van der Waals surface area contributed by atoms with Gasteiger partial charge in [-0.3, -0.25) is 9.59 Å². The minimum Gasteiger partial charge on any atom is -0.330 e. The summed E-state index contributed by atoms with van der Waals surface area (Å²) >= 11 is 11.8. The Hall–Kier alpha value is -2.62. The molecular weight excluding hydrogens is 381 g/mol. The van der Waals surface area contributed by atoms with E-state index in [0.29, 0.717) is 21.2 Å². The lowest BCUT2D eigenvalue weighted by molar-refractivity contribution is -0.126. The van der Waals surface area contributed by atoms with Crippen LogP contribution in [-0.4, -0.2) is 29.7 Å². The Morgan fingerprint density at radius 1 is 0.852 bits per heavy atom. The average Bonchev–Trinajstić information content (AvgIpc) is 2.67. The smallest absolute Gasteiger partial charge is 0.246 e. The standard InChI is InChI=1S/C22H17Cl2NO2/c1-2-21(26)25-13-17(11-15-3-7-19(23)8-4-15)22(27)18(14-25)12-16-5-9-20(24)10-6-16/h2-12H,1,13-14H2/b17-11-,18-12+. The number of hydrogen-bond acceptors (Lipinski definition) is 2. The molecule has 1 fully saturated rings. The molecule has 0 radical (unpaired) electrons. The first-order valence-electron chi connectivity index (χ1n) is 8.34. The van der Waals surface area contributed by atoms with Crippen LogP contribution < -0.4 is 0 Å². The van der Waals surface area contributed by atoms with Crippen LogP contribution >= 0.6 is 23.2 Å². The van der Waals surface area contributed by atoms with E-state index in [1.807, 2.05) is 24.3 Å². The lowest BCUT2D eigenvalue weighted by Gasteiger charge is -2.29. The van der Waals surface area contributed by atoms with Gasteiger partial charge in [-0.1, -0.05) is 54.0 Å². The summed E-state index contributed by atoms with van der Waals surface area (Å²) < 4.78 is 0. The number of hydrogen-bond donors (Lipinski definition) is 0. The molecular formula is C22H17Cl2NO2. The van der Waals surface area contributed by atoms with E-state index in [1.54, 1.807) is 41.3 Å². The van der Waals surface area contributed by atoms with E-state index in [9.17, 15) is 9.59 Å². The summed E-state index contributed by atoms with van der Waals surface area (Å²) in [5.41, 5.74) is 2.78. The molecule has 0 spiro atoms. The first-order chi connectivity index (χ1) is 13.0. The van der Waals surface area contributed by atoms with Crippen LogP contribution in [0.1, 0.15) is 11.1 Å². The predicted molar refractivity (Wildman–Crippen MR) is 111 cm³/mol. The monoisotopic (exact) mass is 397 g/mol. The van der Waals surface area contributed by atoms with Crippen molar-refractivity contribution in [2.24, 2.45) is 0 Å². The summed E-state index contributed by atoms with van der Waals surface area (Å²) in [5.74, 6) is -0.292. The highest BCUT2D eigenvalue weighted by Gasteiger charge is 2.28. The summed E-state index contributed by atoms with van der Waals surface area (Å²) in [6.45, 7) is 4.03. The highest BCUT2D eigenvalue weighted by atomic mass is 35.5. The minimum absolute atomic E-state index is 0.0759. The van der Waals surface area contributed by atoms with Crippen molar-refractivity contribution in [1.82, 2.24) is 4.90 Å². The fourth-order valence-corrected chi connectivity index (χ4v) is 3.10. The van der Waals surface area contributed by atoms with Gasteiger partial charge in [0.15, 0.2) is 5.78 Å². The molecule has 136 valence electrons. The molecule has 1 saturated heterocycles. The molecule has 3 nitrogen and oxygen atoms in total. The van der Waals surface area contributed by atoms with Crippen molar-refractivity contribution in [3.63, 3.8) is 0 Å². The lowest BCUT2D eigenvalue weighted by atomic mass is 9.94. The molecule has 0 aliphatic carbocycles. The second-order valence-corrected chi connectivity index (χ2v) is 7.04. The Bertz CT molecular complexity index is 874. The first kappa shape index (κ1) is 19.2. The summed E-state index contributed by atoms with van der Waals surface area (Å²) in [6.07, 6.45) is 4.84. The van der Waals surface area contributed by atoms with Crippen LogP contribution in [0.4, 0.5) is 0 Å². The number of halogens is 2. The zero-order valence-corrected chi connectivity index (χ0v) is 16.0. The van der Waals surface area contributed by atoms with Gasteiger partial charge in [0.2, 0.25) is 5.91 Å². The van der Waals surface area contributed by atoms with E-state index in [-0.39, 0.29) is 24.8 Å². The number of amides is 1. The normalized spacial score (nSPS) is 17.4. The van der Waals surface area contributed by atoms with Gasteiger partial charge >= 0.3 is 0 Å². The molecule has 0 atom stereocenters. The van der Waals surface area contributed by atoms with Crippen molar-refractivity contribution in [3.05, 3.63) is 93.5 Å². The molecule has 0 N–H and O–H groups in total. The van der Waals surface area contributed by atoms with E-state index in [1.165, 1.54) is 6.08 Å². The Morgan fingerprint density at radius 3 is 1.63 bits per heavy atom. The third kappa shape index (κ3) is 4.76. The first-order valence-corrected chi connectivity index (χ1v) is 9.10. The molecule has 1 aliphatic rings. The van der Waals surface area contributed by atoms with Crippen molar-refractivity contribution < 1.29 is 9.59 Å². The van der Waals surface area contributed by atoms with E-state index in [4.69, 9.17) is 23.2 Å². The molecule has 3 rings (SSSR count). The second-order valence-electron chi connectivity index (χ2n) is 6.17. The predicted octanol–water partition coefficient (Wildman–Crippen LogP) is 5.06. The highest BCUT2D eigenvalue weighted by molar-refractivity contribution is 6.30. The molecule has 1 heterocycles. The van der Waals surface area contributed by atoms with Gasteiger partial charge in [-0.25, -0.2) is 0 Å². The van der Waals surface area contributed by atoms with Crippen LogP contribution in [0.25, 0.3) is 12.2 Å². The van der Waals surface area contributed by atoms with Gasteiger partial charge in [0.1, 0.15) is 0 Å². The van der Waals surface area contributed by atoms with Crippen LogP contribution in [0.5, 0.6) is 0 Å². The summed E-state index contributed by atoms with van der Waals surface area (Å²) in [4.78, 5) is 26.7. The summed E-state index contributed by atoms with van der Waals surface area (Å²) in [7, 11) is 0. The van der Waals surface area contributed by atoms with E-state index >= 15 is 0 Å². The molecule has 1 aliphatic heterocycles. The molecule has 27 heavy (non-hydrogen) atoms. The van der Waals surface area contributed by atoms with Crippen molar-refractivity contribution in [3.8, 4) is 0 Å². The lowest BCUT2D eigenvalue weighted by Crippen LogP contribution is -2.40. The fourth-order valence-electron chi connectivity index (χ4n) is 2.84. The maximum absolute atomic E-state index is 13.0. The molecule has 0 bridgehead atoms. The van der Waals surface area contributed by atoms with Gasteiger partial charge in [-0.05, 0) is 53.6 Å². The van der Waals surface area contributed by atoms with Gasteiger partial charge in [0.05, 0.1) is 13.1 Å². The van der Waals surface area contributed by atoms with E-state index < -0.39 is 0 Å². The van der Waals surface area contributed by atoms with E-state index in [0.717, 1.165) is 11.1 Å². The number of rotatable bonds is 3. The maximum atomic E-state index is 13.0. The number of piperidine rings is 1. The number of nitrogens with zero attached hydrogens (tertiary/aromatic N) is 1. The number of Topliss-reactive ketones (excluding diaryl/α,β-unsaturated/α-hetero) is 1. The van der Waals surface area contributed by atoms with Crippen molar-refractivity contribution in [2.45, 2.75) is 0 Å². The van der Waals surface area contributed by atoms with Crippen LogP contribution in [0, 0.1) is 0 Å². The Kier molecular flexibility index (Phi) is 5.94. The average molecular weight is 398 g/mol.